The van der Waals surface area contributed by atoms with Crippen molar-refractivity contribution < 1.29 is 8.42 Å². The van der Waals surface area contributed by atoms with Gasteiger partial charge in [-0.05, 0) is 37.6 Å². The lowest BCUT2D eigenvalue weighted by molar-refractivity contribution is 0.579. The Kier molecular flexibility index (Phi) is 4.62. The third-order valence-electron chi connectivity index (χ3n) is 3.81. The lowest BCUT2D eigenvalue weighted by Crippen LogP contribution is -2.23. The second kappa shape index (κ2) is 6.55. The SMILES string of the molecule is CC(C)n1cc(S(=O)(=O)NCc2ccccc2Cl)c2cccnc21. The van der Waals surface area contributed by atoms with Crippen LogP contribution >= 0.6 is 11.6 Å². The Morgan fingerprint density at radius 1 is 1.21 bits per heavy atom. The Labute approximate surface area is 146 Å². The van der Waals surface area contributed by atoms with E-state index in [4.69, 9.17) is 11.6 Å². The molecule has 1 aromatic carbocycles. The molecule has 0 spiro atoms. The van der Waals surface area contributed by atoms with Gasteiger partial charge in [-0.15, -0.1) is 0 Å². The van der Waals surface area contributed by atoms with Crippen LogP contribution in [0.15, 0.2) is 53.7 Å². The number of benzene rings is 1. The van der Waals surface area contributed by atoms with E-state index in [1.165, 1.54) is 0 Å². The Balaban J connectivity index is 1.98. The first-order valence-electron chi connectivity index (χ1n) is 7.59. The number of nitrogens with one attached hydrogen (secondary N) is 1. The van der Waals surface area contributed by atoms with Gasteiger partial charge in [-0.1, -0.05) is 29.8 Å². The predicted molar refractivity (Wildman–Crippen MR) is 95.6 cm³/mol. The maximum atomic E-state index is 12.8. The van der Waals surface area contributed by atoms with Gasteiger partial charge in [-0.2, -0.15) is 0 Å². The zero-order valence-electron chi connectivity index (χ0n) is 13.4. The Hall–Kier alpha value is -1.89. The van der Waals surface area contributed by atoms with Gasteiger partial charge in [0.15, 0.2) is 0 Å². The van der Waals surface area contributed by atoms with Crippen molar-refractivity contribution in [1.29, 1.82) is 0 Å². The summed E-state index contributed by atoms with van der Waals surface area (Å²) in [6.07, 6.45) is 3.30. The first-order valence-corrected chi connectivity index (χ1v) is 9.45. The van der Waals surface area contributed by atoms with Crippen LogP contribution in [0.25, 0.3) is 11.0 Å². The number of aromatic nitrogens is 2. The molecule has 0 atom stereocenters. The van der Waals surface area contributed by atoms with E-state index in [2.05, 4.69) is 9.71 Å². The van der Waals surface area contributed by atoms with Crippen LogP contribution in [0.1, 0.15) is 25.5 Å². The minimum atomic E-state index is -3.68. The van der Waals surface area contributed by atoms with Crippen LogP contribution in [0.5, 0.6) is 0 Å². The molecule has 0 aliphatic heterocycles. The zero-order valence-corrected chi connectivity index (χ0v) is 15.0. The molecule has 1 N–H and O–H groups in total. The minimum Gasteiger partial charge on any atom is -0.329 e. The van der Waals surface area contributed by atoms with Crippen LogP contribution in [-0.2, 0) is 16.6 Å². The first kappa shape index (κ1) is 17.0. The molecule has 24 heavy (non-hydrogen) atoms. The van der Waals surface area contributed by atoms with Crippen molar-refractivity contribution >= 4 is 32.7 Å². The van der Waals surface area contributed by atoms with Crippen LogP contribution in [0, 0.1) is 0 Å². The number of hydrogen-bond acceptors (Lipinski definition) is 3. The highest BCUT2D eigenvalue weighted by Gasteiger charge is 2.22. The number of fused-ring (bicyclic) bond motifs is 1. The molecular formula is C17H18ClN3O2S. The van der Waals surface area contributed by atoms with Crippen molar-refractivity contribution in [2.75, 3.05) is 0 Å². The highest BCUT2D eigenvalue weighted by atomic mass is 35.5. The monoisotopic (exact) mass is 363 g/mol. The normalized spacial score (nSPS) is 12.2. The van der Waals surface area contributed by atoms with Crippen molar-refractivity contribution in [1.82, 2.24) is 14.3 Å². The van der Waals surface area contributed by atoms with Gasteiger partial charge in [0.05, 0.1) is 0 Å². The van der Waals surface area contributed by atoms with Crippen LogP contribution in [0.2, 0.25) is 5.02 Å². The fraction of sp³-hybridized carbons (Fsp3) is 0.235. The molecule has 5 nitrogen and oxygen atoms in total. The van der Waals surface area contributed by atoms with Crippen LogP contribution in [0.3, 0.4) is 0 Å². The van der Waals surface area contributed by atoms with E-state index in [1.807, 2.05) is 30.5 Å². The zero-order chi connectivity index (χ0) is 17.3. The second-order valence-corrected chi connectivity index (χ2v) is 7.93. The molecule has 7 heteroatoms. The van der Waals surface area contributed by atoms with Crippen molar-refractivity contribution in [2.45, 2.75) is 31.3 Å². The highest BCUT2D eigenvalue weighted by Crippen LogP contribution is 2.26. The Morgan fingerprint density at radius 3 is 2.67 bits per heavy atom. The summed E-state index contributed by atoms with van der Waals surface area (Å²) >= 11 is 6.09. The smallest absolute Gasteiger partial charge is 0.243 e. The lowest BCUT2D eigenvalue weighted by Gasteiger charge is -2.08. The van der Waals surface area contributed by atoms with Crippen molar-refractivity contribution in [2.24, 2.45) is 0 Å². The molecule has 0 unspecified atom stereocenters. The number of hydrogen-bond donors (Lipinski definition) is 1. The predicted octanol–water partition coefficient (Wildman–Crippen LogP) is 3.75. The summed E-state index contributed by atoms with van der Waals surface area (Å²) in [5.41, 5.74) is 1.39. The van der Waals surface area contributed by atoms with Crippen molar-refractivity contribution in [3.05, 3.63) is 59.4 Å². The van der Waals surface area contributed by atoms with Gasteiger partial charge in [-0.3, -0.25) is 0 Å². The summed E-state index contributed by atoms with van der Waals surface area (Å²) in [5.74, 6) is 0. The maximum Gasteiger partial charge on any atom is 0.243 e. The summed E-state index contributed by atoms with van der Waals surface area (Å²) < 4.78 is 30.0. The topological polar surface area (TPSA) is 64.0 Å². The van der Waals surface area contributed by atoms with Crippen LogP contribution < -0.4 is 4.72 Å². The van der Waals surface area contributed by atoms with Gasteiger partial charge in [0, 0.05) is 35.4 Å². The van der Waals surface area contributed by atoms with Gasteiger partial charge in [-0.25, -0.2) is 18.1 Å². The molecule has 0 saturated heterocycles. The molecule has 3 rings (SSSR count). The molecule has 0 aliphatic rings. The van der Waals surface area contributed by atoms with E-state index in [-0.39, 0.29) is 17.5 Å². The fourth-order valence-electron chi connectivity index (χ4n) is 2.55. The van der Waals surface area contributed by atoms with E-state index >= 15 is 0 Å². The molecule has 0 fully saturated rings. The standard InChI is InChI=1S/C17H18ClN3O2S/c1-12(2)21-11-16(14-7-5-9-19-17(14)21)24(22,23)20-10-13-6-3-4-8-15(13)18/h3-9,11-12,20H,10H2,1-2H3. The average molecular weight is 364 g/mol. The third-order valence-corrected chi connectivity index (χ3v) is 5.61. The minimum absolute atomic E-state index is 0.106. The van der Waals surface area contributed by atoms with Crippen molar-refractivity contribution in [3.8, 4) is 0 Å². The Bertz CT molecular complexity index is 980. The van der Waals surface area contributed by atoms with E-state index in [1.54, 1.807) is 36.7 Å². The van der Waals surface area contributed by atoms with Gasteiger partial charge >= 0.3 is 0 Å². The largest absolute Gasteiger partial charge is 0.329 e. The van der Waals surface area contributed by atoms with Gasteiger partial charge in [0.1, 0.15) is 10.5 Å². The molecule has 0 radical (unpaired) electrons. The molecule has 0 aliphatic carbocycles. The van der Waals surface area contributed by atoms with Gasteiger partial charge in [0.2, 0.25) is 10.0 Å². The van der Waals surface area contributed by atoms with E-state index < -0.39 is 10.0 Å². The summed E-state index contributed by atoms with van der Waals surface area (Å²) in [7, 11) is -3.68. The number of halogens is 1. The molecule has 0 saturated carbocycles. The summed E-state index contributed by atoms with van der Waals surface area (Å²) in [6, 6.07) is 10.8. The quantitative estimate of drug-likeness (QED) is 0.750. The molecule has 126 valence electrons. The first-order chi connectivity index (χ1) is 11.4. The number of pyridine rings is 1. The lowest BCUT2D eigenvalue weighted by atomic mass is 10.2. The molecular weight excluding hydrogens is 346 g/mol. The van der Waals surface area contributed by atoms with E-state index in [0.717, 1.165) is 5.56 Å². The molecule has 3 aromatic rings. The number of sulfonamides is 1. The molecule has 0 amide bonds. The van der Waals surface area contributed by atoms with Crippen LogP contribution in [0.4, 0.5) is 0 Å². The van der Waals surface area contributed by atoms with Crippen molar-refractivity contribution in [3.63, 3.8) is 0 Å². The van der Waals surface area contributed by atoms with Gasteiger partial charge < -0.3 is 4.57 Å². The second-order valence-electron chi connectivity index (χ2n) is 5.78. The number of nitrogens with zero attached hydrogens (tertiary/aromatic N) is 2. The van der Waals surface area contributed by atoms with Gasteiger partial charge in [0.25, 0.3) is 0 Å². The Morgan fingerprint density at radius 2 is 1.96 bits per heavy atom. The summed E-state index contributed by atoms with van der Waals surface area (Å²) in [5, 5.41) is 1.14. The maximum absolute atomic E-state index is 12.8. The highest BCUT2D eigenvalue weighted by molar-refractivity contribution is 7.89. The molecule has 0 bridgehead atoms. The van der Waals surface area contributed by atoms with Crippen LogP contribution in [-0.4, -0.2) is 18.0 Å². The average Bonchev–Trinajstić information content (AvgIpc) is 2.95. The number of rotatable bonds is 5. The summed E-state index contributed by atoms with van der Waals surface area (Å²) in [4.78, 5) is 4.55. The molecule has 2 heterocycles. The fourth-order valence-corrected chi connectivity index (χ4v) is 3.96. The van der Waals surface area contributed by atoms with E-state index in [0.29, 0.717) is 16.1 Å². The van der Waals surface area contributed by atoms with E-state index in [9.17, 15) is 8.42 Å². The third kappa shape index (κ3) is 3.17. The molecule has 2 aromatic heterocycles. The summed E-state index contributed by atoms with van der Waals surface area (Å²) in [6.45, 7) is 4.11.